The quantitative estimate of drug-likeness (QED) is 0.908. The van der Waals surface area contributed by atoms with E-state index in [0.29, 0.717) is 6.42 Å². The Kier molecular flexibility index (Phi) is 5.96. The van der Waals surface area contributed by atoms with Gasteiger partial charge < -0.3 is 10.2 Å². The second-order valence-electron chi connectivity index (χ2n) is 5.00. The summed E-state index contributed by atoms with van der Waals surface area (Å²) in [5, 5.41) is 2.63. The van der Waals surface area contributed by atoms with Crippen LogP contribution in [-0.4, -0.2) is 24.4 Å². The first-order valence-corrected chi connectivity index (χ1v) is 6.90. The zero-order chi connectivity index (χ0) is 16.9. The Hall–Kier alpha value is -2.05. The first-order valence-electron chi connectivity index (χ1n) is 6.90. The lowest BCUT2D eigenvalue weighted by Gasteiger charge is -2.25. The minimum Gasteiger partial charge on any atom is -0.352 e. The van der Waals surface area contributed by atoms with Crippen molar-refractivity contribution in [2.45, 2.75) is 39.4 Å². The summed E-state index contributed by atoms with van der Waals surface area (Å²) in [6.07, 6.45) is -3.91. The van der Waals surface area contributed by atoms with Gasteiger partial charge in [0, 0.05) is 13.0 Å². The molecule has 1 aromatic rings. The Bertz CT molecular complexity index is 544. The second kappa shape index (κ2) is 7.29. The predicted molar refractivity (Wildman–Crippen MR) is 77.4 cm³/mol. The molecule has 122 valence electrons. The van der Waals surface area contributed by atoms with Crippen molar-refractivity contribution < 1.29 is 22.8 Å². The van der Waals surface area contributed by atoms with Crippen molar-refractivity contribution in [1.82, 2.24) is 5.32 Å². The number of nitrogens with one attached hydrogen (secondary N) is 1. The Balaban J connectivity index is 3.08. The maximum absolute atomic E-state index is 13.0. The highest BCUT2D eigenvalue weighted by Gasteiger charge is 2.35. The molecule has 1 rings (SSSR count). The number of halogens is 3. The fraction of sp³-hybridized carbons (Fsp3) is 0.467. The topological polar surface area (TPSA) is 49.4 Å². The average Bonchev–Trinajstić information content (AvgIpc) is 2.43. The van der Waals surface area contributed by atoms with Crippen LogP contribution < -0.4 is 10.2 Å². The number of carbonyl (C=O) groups is 2. The van der Waals surface area contributed by atoms with Crippen LogP contribution >= 0.6 is 0 Å². The van der Waals surface area contributed by atoms with E-state index in [-0.39, 0.29) is 11.7 Å². The Morgan fingerprint density at radius 2 is 1.86 bits per heavy atom. The molecule has 1 N–H and O–H groups in total. The van der Waals surface area contributed by atoms with Crippen molar-refractivity contribution in [3.8, 4) is 0 Å². The van der Waals surface area contributed by atoms with Crippen molar-refractivity contribution >= 4 is 17.5 Å². The molecule has 1 atom stereocenters. The van der Waals surface area contributed by atoms with E-state index in [0.717, 1.165) is 17.9 Å². The van der Waals surface area contributed by atoms with Gasteiger partial charge in [0.15, 0.2) is 0 Å². The third-order valence-electron chi connectivity index (χ3n) is 3.20. The van der Waals surface area contributed by atoms with Gasteiger partial charge in [-0.15, -0.1) is 0 Å². The van der Waals surface area contributed by atoms with Crippen LogP contribution in [0.3, 0.4) is 0 Å². The highest BCUT2D eigenvalue weighted by atomic mass is 19.4. The van der Waals surface area contributed by atoms with Gasteiger partial charge in [-0.1, -0.05) is 19.1 Å². The lowest BCUT2D eigenvalue weighted by Crippen LogP contribution is -2.43. The standard InChI is InChI=1S/C15H19F3N2O2/c1-4-10(2)19-14(22)9-20(11(3)21)13-8-6-5-7-12(13)15(16,17)18/h5-8,10H,4,9H2,1-3H3,(H,19,22). The number of nitrogens with zero attached hydrogens (tertiary/aromatic N) is 1. The molecule has 0 fully saturated rings. The molecule has 0 aliphatic rings. The van der Waals surface area contributed by atoms with E-state index in [4.69, 9.17) is 0 Å². The molecule has 0 aliphatic heterocycles. The molecule has 0 saturated heterocycles. The van der Waals surface area contributed by atoms with E-state index >= 15 is 0 Å². The van der Waals surface area contributed by atoms with E-state index in [9.17, 15) is 22.8 Å². The Morgan fingerprint density at radius 1 is 1.27 bits per heavy atom. The molecular formula is C15H19F3N2O2. The number of hydrogen-bond donors (Lipinski definition) is 1. The molecule has 7 heteroatoms. The molecule has 22 heavy (non-hydrogen) atoms. The molecule has 0 saturated carbocycles. The zero-order valence-electron chi connectivity index (χ0n) is 12.7. The highest BCUT2D eigenvalue weighted by molar-refractivity contribution is 5.98. The van der Waals surface area contributed by atoms with Gasteiger partial charge >= 0.3 is 6.18 Å². The van der Waals surface area contributed by atoms with E-state index in [1.54, 1.807) is 6.92 Å². The number of benzene rings is 1. The Labute approximate surface area is 127 Å². The maximum atomic E-state index is 13.0. The summed E-state index contributed by atoms with van der Waals surface area (Å²) in [6.45, 7) is 4.32. The number of rotatable bonds is 5. The van der Waals surface area contributed by atoms with Crippen molar-refractivity contribution in [1.29, 1.82) is 0 Å². The normalized spacial score (nSPS) is 12.6. The Morgan fingerprint density at radius 3 is 2.36 bits per heavy atom. The molecule has 2 amide bonds. The zero-order valence-corrected chi connectivity index (χ0v) is 12.7. The molecule has 0 radical (unpaired) electrons. The fourth-order valence-electron chi connectivity index (χ4n) is 1.88. The molecule has 0 spiro atoms. The summed E-state index contributed by atoms with van der Waals surface area (Å²) in [5.74, 6) is -1.13. The SMILES string of the molecule is CCC(C)NC(=O)CN(C(C)=O)c1ccccc1C(F)(F)F. The molecule has 0 bridgehead atoms. The summed E-state index contributed by atoms with van der Waals surface area (Å²) in [5.41, 5.74) is -1.26. The fourth-order valence-corrected chi connectivity index (χ4v) is 1.88. The molecule has 1 aromatic carbocycles. The van der Waals surface area contributed by atoms with Gasteiger partial charge in [-0.3, -0.25) is 9.59 Å². The van der Waals surface area contributed by atoms with Gasteiger partial charge in [0.05, 0.1) is 11.3 Å². The van der Waals surface area contributed by atoms with E-state index in [1.807, 2.05) is 6.92 Å². The first-order chi connectivity index (χ1) is 10.2. The van der Waals surface area contributed by atoms with E-state index in [1.165, 1.54) is 18.2 Å². The minimum atomic E-state index is -4.60. The lowest BCUT2D eigenvalue weighted by atomic mass is 10.1. The average molecular weight is 316 g/mol. The summed E-state index contributed by atoms with van der Waals surface area (Å²) < 4.78 is 39.1. The molecule has 0 heterocycles. The maximum Gasteiger partial charge on any atom is 0.418 e. The minimum absolute atomic E-state index is 0.112. The highest BCUT2D eigenvalue weighted by Crippen LogP contribution is 2.36. The predicted octanol–water partition coefficient (Wildman–Crippen LogP) is 2.97. The van der Waals surface area contributed by atoms with E-state index < -0.39 is 30.1 Å². The summed E-state index contributed by atoms with van der Waals surface area (Å²) >= 11 is 0. The van der Waals surface area contributed by atoms with Crippen LogP contribution in [0.1, 0.15) is 32.8 Å². The lowest BCUT2D eigenvalue weighted by molar-refractivity contribution is -0.137. The third kappa shape index (κ3) is 4.75. The van der Waals surface area contributed by atoms with Crippen molar-refractivity contribution in [3.63, 3.8) is 0 Å². The van der Waals surface area contributed by atoms with Gasteiger partial charge in [-0.05, 0) is 25.5 Å². The van der Waals surface area contributed by atoms with Crippen LogP contribution in [0.2, 0.25) is 0 Å². The second-order valence-corrected chi connectivity index (χ2v) is 5.00. The summed E-state index contributed by atoms with van der Waals surface area (Å²) in [6, 6.07) is 4.59. The third-order valence-corrected chi connectivity index (χ3v) is 3.20. The smallest absolute Gasteiger partial charge is 0.352 e. The van der Waals surface area contributed by atoms with Gasteiger partial charge in [0.1, 0.15) is 6.54 Å². The summed E-state index contributed by atoms with van der Waals surface area (Å²) in [7, 11) is 0. The van der Waals surface area contributed by atoms with Crippen LogP contribution in [-0.2, 0) is 15.8 Å². The van der Waals surface area contributed by atoms with Crippen molar-refractivity contribution in [2.24, 2.45) is 0 Å². The van der Waals surface area contributed by atoms with Crippen molar-refractivity contribution in [3.05, 3.63) is 29.8 Å². The molecule has 0 aromatic heterocycles. The van der Waals surface area contributed by atoms with Crippen molar-refractivity contribution in [2.75, 3.05) is 11.4 Å². The molecular weight excluding hydrogens is 297 g/mol. The van der Waals surface area contributed by atoms with E-state index in [2.05, 4.69) is 5.32 Å². The summed E-state index contributed by atoms with van der Waals surface area (Å²) in [4.78, 5) is 24.4. The molecule has 4 nitrogen and oxygen atoms in total. The van der Waals surface area contributed by atoms with Crippen LogP contribution in [0.15, 0.2) is 24.3 Å². The number of amides is 2. The largest absolute Gasteiger partial charge is 0.418 e. The van der Waals surface area contributed by atoms with Crippen LogP contribution in [0.4, 0.5) is 18.9 Å². The monoisotopic (exact) mass is 316 g/mol. The van der Waals surface area contributed by atoms with Gasteiger partial charge in [0.2, 0.25) is 11.8 Å². The van der Waals surface area contributed by atoms with Gasteiger partial charge in [-0.2, -0.15) is 13.2 Å². The number of hydrogen-bond acceptors (Lipinski definition) is 2. The number of para-hydroxylation sites is 1. The molecule has 0 aliphatic carbocycles. The van der Waals surface area contributed by atoms with Crippen LogP contribution in [0.5, 0.6) is 0 Å². The van der Waals surface area contributed by atoms with Gasteiger partial charge in [0.25, 0.3) is 0 Å². The number of anilines is 1. The molecule has 1 unspecified atom stereocenters. The van der Waals surface area contributed by atoms with Crippen LogP contribution in [0, 0.1) is 0 Å². The number of carbonyl (C=O) groups excluding carboxylic acids is 2. The first kappa shape index (κ1) is 18.0. The van der Waals surface area contributed by atoms with Gasteiger partial charge in [-0.25, -0.2) is 0 Å². The number of alkyl halides is 3. The van der Waals surface area contributed by atoms with Crippen LogP contribution in [0.25, 0.3) is 0 Å².